The van der Waals surface area contributed by atoms with Gasteiger partial charge in [0.15, 0.2) is 0 Å². The Hall–Kier alpha value is -1.89. The zero-order valence-corrected chi connectivity index (χ0v) is 16.9. The Bertz CT molecular complexity index is 852. The summed E-state index contributed by atoms with van der Waals surface area (Å²) in [5.41, 5.74) is 1.70. The van der Waals surface area contributed by atoms with E-state index in [-0.39, 0.29) is 5.56 Å². The molecule has 4 rings (SSSR count). The molecule has 152 valence electrons. The van der Waals surface area contributed by atoms with Gasteiger partial charge >= 0.3 is 0 Å². The summed E-state index contributed by atoms with van der Waals surface area (Å²) in [6.07, 6.45) is 2.38. The smallest absolute Gasteiger partial charge is 0.252 e. The minimum absolute atomic E-state index is 0.0153. The molecule has 3 heterocycles. The molecule has 6 heteroatoms. The van der Waals surface area contributed by atoms with E-state index in [0.29, 0.717) is 12.6 Å². The molecule has 0 saturated carbocycles. The number of hydrogen-bond acceptors (Lipinski definition) is 5. The molecule has 1 aromatic carbocycles. The first-order chi connectivity index (χ1) is 13.6. The number of pyridine rings is 1. The molecule has 1 N–H and O–H groups in total. The fourth-order valence-electron chi connectivity index (χ4n) is 4.59. The number of piperidine rings is 1. The number of benzene rings is 1. The molecule has 2 fully saturated rings. The molecular formula is C22H31N3O3. The van der Waals surface area contributed by atoms with Crippen LogP contribution >= 0.6 is 0 Å². The fraction of sp³-hybridized carbons (Fsp3) is 0.591. The third-order valence-corrected chi connectivity index (χ3v) is 6.46. The normalized spacial score (nSPS) is 21.1. The number of rotatable bonds is 5. The number of H-pyrrole nitrogens is 1. The third-order valence-electron chi connectivity index (χ3n) is 6.46. The zero-order valence-electron chi connectivity index (χ0n) is 16.9. The fourth-order valence-corrected chi connectivity index (χ4v) is 4.59. The summed E-state index contributed by atoms with van der Waals surface area (Å²) in [6, 6.07) is 8.38. The monoisotopic (exact) mass is 385 g/mol. The lowest BCUT2D eigenvalue weighted by molar-refractivity contribution is -0.00193. The number of nitrogens with zero attached hydrogens (tertiary/aromatic N) is 2. The highest BCUT2D eigenvalue weighted by Gasteiger charge is 2.28. The zero-order chi connectivity index (χ0) is 19.5. The molecule has 0 radical (unpaired) electrons. The Balaban J connectivity index is 1.39. The minimum Gasteiger partial charge on any atom is -0.497 e. The molecule has 0 amide bonds. The molecule has 2 saturated heterocycles. The van der Waals surface area contributed by atoms with E-state index in [2.05, 4.69) is 21.7 Å². The Labute approximate surface area is 166 Å². The maximum Gasteiger partial charge on any atom is 0.252 e. The number of aromatic nitrogens is 1. The second kappa shape index (κ2) is 8.64. The van der Waals surface area contributed by atoms with Crippen molar-refractivity contribution in [1.82, 2.24) is 14.8 Å². The van der Waals surface area contributed by atoms with Gasteiger partial charge in [-0.1, -0.05) is 0 Å². The summed E-state index contributed by atoms with van der Waals surface area (Å²) in [5, 5.41) is 1.02. The van der Waals surface area contributed by atoms with Crippen LogP contribution in [0, 0.1) is 5.92 Å². The SMILES string of the molecule is COc1ccc2[nH]c(=O)c(CN3CCC([C@@H](C)N4CCOCC4)CC3)cc2c1. The molecule has 6 nitrogen and oxygen atoms in total. The number of aromatic amines is 1. The first-order valence-electron chi connectivity index (χ1n) is 10.4. The van der Waals surface area contributed by atoms with E-state index in [9.17, 15) is 4.79 Å². The van der Waals surface area contributed by atoms with Gasteiger partial charge in [-0.25, -0.2) is 0 Å². The quantitative estimate of drug-likeness (QED) is 0.857. The van der Waals surface area contributed by atoms with Crippen molar-refractivity contribution < 1.29 is 9.47 Å². The van der Waals surface area contributed by atoms with E-state index in [0.717, 1.165) is 67.5 Å². The summed E-state index contributed by atoms with van der Waals surface area (Å²) < 4.78 is 10.8. The van der Waals surface area contributed by atoms with Gasteiger partial charge in [0, 0.05) is 42.1 Å². The Kier molecular flexibility index (Phi) is 5.99. The lowest BCUT2D eigenvalue weighted by Gasteiger charge is -2.41. The maximum absolute atomic E-state index is 12.5. The van der Waals surface area contributed by atoms with Gasteiger partial charge in [0.1, 0.15) is 5.75 Å². The number of hydrogen-bond donors (Lipinski definition) is 1. The maximum atomic E-state index is 12.5. The van der Waals surface area contributed by atoms with Crippen LogP contribution < -0.4 is 10.3 Å². The van der Waals surface area contributed by atoms with Crippen LogP contribution in [0.25, 0.3) is 10.9 Å². The van der Waals surface area contributed by atoms with E-state index >= 15 is 0 Å². The standard InChI is InChI=1S/C22H31N3O3/c1-16(25-9-11-28-12-10-25)17-5-7-24(8-6-17)15-19-13-18-14-20(27-2)3-4-21(18)23-22(19)26/h3-4,13-14,16-17H,5-12,15H2,1-2H3,(H,23,26)/t16-/m1/s1. The number of methoxy groups -OCH3 is 1. The topological polar surface area (TPSA) is 57.8 Å². The van der Waals surface area contributed by atoms with Gasteiger partial charge in [0.05, 0.1) is 20.3 Å². The predicted octanol–water partition coefficient (Wildman–Crippen LogP) is 2.47. The number of ether oxygens (including phenoxy) is 2. The molecule has 0 aliphatic carbocycles. The van der Waals surface area contributed by atoms with E-state index in [1.807, 2.05) is 24.3 Å². The predicted molar refractivity (Wildman–Crippen MR) is 111 cm³/mol. The lowest BCUT2D eigenvalue weighted by Crippen LogP contribution is -2.48. The number of nitrogens with one attached hydrogen (secondary N) is 1. The highest BCUT2D eigenvalue weighted by atomic mass is 16.5. The van der Waals surface area contributed by atoms with Gasteiger partial charge in [0.25, 0.3) is 5.56 Å². The van der Waals surface area contributed by atoms with Crippen LogP contribution in [0.1, 0.15) is 25.3 Å². The van der Waals surface area contributed by atoms with Crippen molar-refractivity contribution in [3.05, 3.63) is 40.2 Å². The molecule has 28 heavy (non-hydrogen) atoms. The van der Waals surface area contributed by atoms with E-state index < -0.39 is 0 Å². The van der Waals surface area contributed by atoms with Crippen LogP contribution in [0.4, 0.5) is 0 Å². The van der Waals surface area contributed by atoms with Crippen molar-refractivity contribution in [3.8, 4) is 5.75 Å². The van der Waals surface area contributed by atoms with Crippen LogP contribution in [-0.2, 0) is 11.3 Å². The van der Waals surface area contributed by atoms with Gasteiger partial charge in [-0.3, -0.25) is 14.6 Å². The summed E-state index contributed by atoms with van der Waals surface area (Å²) >= 11 is 0. The van der Waals surface area contributed by atoms with Crippen LogP contribution in [0.2, 0.25) is 0 Å². The van der Waals surface area contributed by atoms with Crippen molar-refractivity contribution in [2.75, 3.05) is 46.5 Å². The molecule has 1 aromatic heterocycles. The Morgan fingerprint density at radius 2 is 1.93 bits per heavy atom. The van der Waals surface area contributed by atoms with Crippen molar-refractivity contribution in [2.45, 2.75) is 32.4 Å². The molecule has 0 bridgehead atoms. The second-order valence-electron chi connectivity index (χ2n) is 8.08. The average Bonchev–Trinajstić information content (AvgIpc) is 2.74. The van der Waals surface area contributed by atoms with Crippen LogP contribution in [0.3, 0.4) is 0 Å². The summed E-state index contributed by atoms with van der Waals surface area (Å²) in [5.74, 6) is 1.54. The lowest BCUT2D eigenvalue weighted by atomic mass is 9.89. The van der Waals surface area contributed by atoms with E-state index in [4.69, 9.17) is 9.47 Å². The molecule has 1 atom stereocenters. The third kappa shape index (κ3) is 4.24. The highest BCUT2D eigenvalue weighted by Crippen LogP contribution is 2.26. The van der Waals surface area contributed by atoms with Crippen molar-refractivity contribution >= 4 is 10.9 Å². The first kappa shape index (κ1) is 19.4. The van der Waals surface area contributed by atoms with Gasteiger partial charge in [0.2, 0.25) is 0 Å². The van der Waals surface area contributed by atoms with Gasteiger partial charge in [-0.15, -0.1) is 0 Å². The van der Waals surface area contributed by atoms with Gasteiger partial charge in [-0.05, 0) is 63.0 Å². The molecule has 0 unspecified atom stereocenters. The summed E-state index contributed by atoms with van der Waals surface area (Å²) in [7, 11) is 1.66. The van der Waals surface area contributed by atoms with Crippen LogP contribution in [0.15, 0.2) is 29.1 Å². The summed E-state index contributed by atoms with van der Waals surface area (Å²) in [4.78, 5) is 20.5. The van der Waals surface area contributed by atoms with Crippen molar-refractivity contribution in [3.63, 3.8) is 0 Å². The number of fused-ring (bicyclic) bond motifs is 1. The van der Waals surface area contributed by atoms with Gasteiger partial charge < -0.3 is 14.5 Å². The number of morpholine rings is 1. The molecule has 0 spiro atoms. The highest BCUT2D eigenvalue weighted by molar-refractivity contribution is 5.80. The van der Waals surface area contributed by atoms with E-state index in [1.165, 1.54) is 12.8 Å². The number of likely N-dealkylation sites (tertiary alicyclic amines) is 1. The first-order valence-corrected chi connectivity index (χ1v) is 10.4. The molecule has 2 aromatic rings. The van der Waals surface area contributed by atoms with Gasteiger partial charge in [-0.2, -0.15) is 0 Å². The summed E-state index contributed by atoms with van der Waals surface area (Å²) in [6.45, 7) is 9.00. The second-order valence-corrected chi connectivity index (χ2v) is 8.08. The minimum atomic E-state index is 0.0153. The molecule has 2 aliphatic rings. The van der Waals surface area contributed by atoms with E-state index in [1.54, 1.807) is 7.11 Å². The Morgan fingerprint density at radius 1 is 1.18 bits per heavy atom. The van der Waals surface area contributed by atoms with Crippen LogP contribution in [0.5, 0.6) is 5.75 Å². The largest absolute Gasteiger partial charge is 0.497 e. The molecule has 2 aliphatic heterocycles. The van der Waals surface area contributed by atoms with Crippen molar-refractivity contribution in [1.29, 1.82) is 0 Å². The average molecular weight is 386 g/mol. The van der Waals surface area contributed by atoms with Crippen molar-refractivity contribution in [2.24, 2.45) is 5.92 Å². The van der Waals surface area contributed by atoms with Crippen LogP contribution in [-0.4, -0.2) is 67.3 Å². The molecular weight excluding hydrogens is 354 g/mol. The Morgan fingerprint density at radius 3 is 2.64 bits per heavy atom.